The van der Waals surface area contributed by atoms with E-state index in [9.17, 15) is 0 Å². The Labute approximate surface area is 129 Å². The van der Waals surface area contributed by atoms with E-state index in [0.29, 0.717) is 5.92 Å². The first-order chi connectivity index (χ1) is 10.3. The number of ether oxygens (including phenoxy) is 1. The first-order valence-electron chi connectivity index (χ1n) is 8.45. The molecule has 3 nitrogen and oxygen atoms in total. The molecule has 0 saturated carbocycles. The van der Waals surface area contributed by atoms with Gasteiger partial charge in [0.15, 0.2) is 0 Å². The van der Waals surface area contributed by atoms with Crippen molar-refractivity contribution in [1.29, 1.82) is 0 Å². The fraction of sp³-hybridized carbons (Fsp3) is 0.667. The highest BCUT2D eigenvalue weighted by molar-refractivity contribution is 5.29. The van der Waals surface area contributed by atoms with Crippen LogP contribution in [0.15, 0.2) is 24.3 Å². The minimum atomic E-state index is 0.650. The summed E-state index contributed by atoms with van der Waals surface area (Å²) in [6.07, 6.45) is 3.60. The van der Waals surface area contributed by atoms with Crippen LogP contribution in [-0.2, 0) is 0 Å². The van der Waals surface area contributed by atoms with Crippen molar-refractivity contribution in [3.8, 4) is 5.75 Å². The van der Waals surface area contributed by atoms with Crippen LogP contribution in [0.1, 0.15) is 44.6 Å². The molecule has 21 heavy (non-hydrogen) atoms. The van der Waals surface area contributed by atoms with Gasteiger partial charge in [0.1, 0.15) is 5.75 Å². The van der Waals surface area contributed by atoms with E-state index in [4.69, 9.17) is 4.74 Å². The van der Waals surface area contributed by atoms with E-state index in [1.807, 2.05) is 0 Å². The van der Waals surface area contributed by atoms with Gasteiger partial charge in [-0.05, 0) is 36.5 Å². The summed E-state index contributed by atoms with van der Waals surface area (Å²) in [7, 11) is 0. The number of rotatable bonds is 8. The van der Waals surface area contributed by atoms with Crippen LogP contribution in [0.2, 0.25) is 0 Å². The van der Waals surface area contributed by atoms with Crippen molar-refractivity contribution in [2.45, 2.75) is 39.0 Å². The lowest BCUT2D eigenvalue weighted by Crippen LogP contribution is -2.43. The Kier molecular flexibility index (Phi) is 7.04. The summed E-state index contributed by atoms with van der Waals surface area (Å²) >= 11 is 0. The second kappa shape index (κ2) is 9.06. The lowest BCUT2D eigenvalue weighted by molar-refractivity contribution is 0.214. The van der Waals surface area contributed by atoms with Crippen LogP contribution in [-0.4, -0.2) is 44.2 Å². The van der Waals surface area contributed by atoms with Crippen LogP contribution in [0, 0.1) is 0 Å². The molecule has 1 saturated heterocycles. The molecule has 1 heterocycles. The number of benzene rings is 1. The van der Waals surface area contributed by atoms with Gasteiger partial charge in [0.05, 0.1) is 6.61 Å². The van der Waals surface area contributed by atoms with Gasteiger partial charge in [-0.15, -0.1) is 0 Å². The highest BCUT2D eigenvalue weighted by Gasteiger charge is 2.08. The molecule has 1 aromatic carbocycles. The molecule has 1 aromatic rings. The number of hydrogen-bond donors (Lipinski definition) is 1. The number of nitrogens with one attached hydrogen (secondary N) is 1. The Morgan fingerprint density at radius 3 is 2.57 bits per heavy atom. The zero-order chi connectivity index (χ0) is 14.9. The molecule has 2 rings (SSSR count). The smallest absolute Gasteiger partial charge is 0.119 e. The molecule has 0 radical (unpaired) electrons. The van der Waals surface area contributed by atoms with E-state index in [0.717, 1.165) is 38.4 Å². The molecule has 0 spiro atoms. The standard InChI is InChI=1S/C18H30N2O/c1-3-5-16(2)17-6-8-18(9-7-17)21-15-4-12-20-13-10-19-11-14-20/h6-9,16,19H,3-5,10-15H2,1-2H3. The fourth-order valence-corrected chi connectivity index (χ4v) is 2.91. The van der Waals surface area contributed by atoms with Crippen LogP contribution >= 0.6 is 0 Å². The minimum absolute atomic E-state index is 0.650. The zero-order valence-electron chi connectivity index (χ0n) is 13.6. The molecule has 3 heteroatoms. The van der Waals surface area contributed by atoms with Crippen molar-refractivity contribution < 1.29 is 4.74 Å². The van der Waals surface area contributed by atoms with E-state index in [1.54, 1.807) is 0 Å². The average molecular weight is 290 g/mol. The Balaban J connectivity index is 1.66. The summed E-state index contributed by atoms with van der Waals surface area (Å²) < 4.78 is 5.85. The molecule has 0 bridgehead atoms. The van der Waals surface area contributed by atoms with Crippen LogP contribution in [0.4, 0.5) is 0 Å². The summed E-state index contributed by atoms with van der Waals surface area (Å²) in [4.78, 5) is 2.51. The summed E-state index contributed by atoms with van der Waals surface area (Å²) in [5.41, 5.74) is 1.42. The highest BCUT2D eigenvalue weighted by Crippen LogP contribution is 2.22. The topological polar surface area (TPSA) is 24.5 Å². The minimum Gasteiger partial charge on any atom is -0.494 e. The lowest BCUT2D eigenvalue weighted by atomic mass is 9.97. The lowest BCUT2D eigenvalue weighted by Gasteiger charge is -2.26. The molecule has 1 atom stereocenters. The van der Waals surface area contributed by atoms with Crippen molar-refractivity contribution in [2.24, 2.45) is 0 Å². The molecular formula is C18H30N2O. The Morgan fingerprint density at radius 2 is 1.90 bits per heavy atom. The largest absolute Gasteiger partial charge is 0.494 e. The molecule has 1 N–H and O–H groups in total. The van der Waals surface area contributed by atoms with Gasteiger partial charge in [0.25, 0.3) is 0 Å². The van der Waals surface area contributed by atoms with Crippen molar-refractivity contribution in [1.82, 2.24) is 10.2 Å². The SMILES string of the molecule is CCCC(C)c1ccc(OCCCN2CCNCC2)cc1. The van der Waals surface area contributed by atoms with Gasteiger partial charge in [-0.25, -0.2) is 0 Å². The third-order valence-corrected chi connectivity index (χ3v) is 4.27. The normalized spacial score (nSPS) is 17.6. The van der Waals surface area contributed by atoms with Crippen molar-refractivity contribution >= 4 is 0 Å². The Morgan fingerprint density at radius 1 is 1.19 bits per heavy atom. The van der Waals surface area contributed by atoms with E-state index in [-0.39, 0.29) is 0 Å². The number of hydrogen-bond acceptors (Lipinski definition) is 3. The van der Waals surface area contributed by atoms with Gasteiger partial charge in [0, 0.05) is 32.7 Å². The van der Waals surface area contributed by atoms with Gasteiger partial charge >= 0.3 is 0 Å². The fourth-order valence-electron chi connectivity index (χ4n) is 2.91. The molecule has 1 aliphatic heterocycles. The van der Waals surface area contributed by atoms with Gasteiger partial charge in [-0.3, -0.25) is 0 Å². The average Bonchev–Trinajstić information content (AvgIpc) is 2.53. The Hall–Kier alpha value is -1.06. The maximum absolute atomic E-state index is 5.85. The third-order valence-electron chi connectivity index (χ3n) is 4.27. The first-order valence-corrected chi connectivity index (χ1v) is 8.45. The second-order valence-electron chi connectivity index (χ2n) is 6.05. The molecule has 0 aliphatic carbocycles. The molecule has 1 aliphatic rings. The summed E-state index contributed by atoms with van der Waals surface area (Å²) in [5.74, 6) is 1.65. The molecular weight excluding hydrogens is 260 g/mol. The maximum Gasteiger partial charge on any atom is 0.119 e. The first kappa shape index (κ1) is 16.3. The van der Waals surface area contributed by atoms with Gasteiger partial charge in [-0.2, -0.15) is 0 Å². The predicted molar refractivity (Wildman–Crippen MR) is 89.2 cm³/mol. The van der Waals surface area contributed by atoms with Crippen molar-refractivity contribution in [2.75, 3.05) is 39.3 Å². The number of piperazine rings is 1. The van der Waals surface area contributed by atoms with E-state index in [1.165, 1.54) is 31.5 Å². The van der Waals surface area contributed by atoms with Crippen LogP contribution < -0.4 is 10.1 Å². The number of nitrogens with zero attached hydrogens (tertiary/aromatic N) is 1. The van der Waals surface area contributed by atoms with Gasteiger partial charge in [-0.1, -0.05) is 32.4 Å². The van der Waals surface area contributed by atoms with E-state index >= 15 is 0 Å². The summed E-state index contributed by atoms with van der Waals surface area (Å²) in [6, 6.07) is 8.66. The Bertz CT molecular complexity index is 385. The maximum atomic E-state index is 5.85. The molecule has 118 valence electrons. The zero-order valence-corrected chi connectivity index (χ0v) is 13.6. The highest BCUT2D eigenvalue weighted by atomic mass is 16.5. The third kappa shape index (κ3) is 5.68. The molecule has 0 amide bonds. The molecule has 1 fully saturated rings. The van der Waals surface area contributed by atoms with Crippen LogP contribution in [0.5, 0.6) is 5.75 Å². The summed E-state index contributed by atoms with van der Waals surface area (Å²) in [5, 5.41) is 3.38. The van der Waals surface area contributed by atoms with Crippen molar-refractivity contribution in [3.05, 3.63) is 29.8 Å². The second-order valence-corrected chi connectivity index (χ2v) is 6.05. The predicted octanol–water partition coefficient (Wildman–Crippen LogP) is 3.26. The molecule has 0 aromatic heterocycles. The van der Waals surface area contributed by atoms with Gasteiger partial charge in [0.2, 0.25) is 0 Å². The van der Waals surface area contributed by atoms with Gasteiger partial charge < -0.3 is 15.0 Å². The van der Waals surface area contributed by atoms with Crippen LogP contribution in [0.25, 0.3) is 0 Å². The van der Waals surface area contributed by atoms with Crippen LogP contribution in [0.3, 0.4) is 0 Å². The summed E-state index contributed by atoms with van der Waals surface area (Å²) in [6.45, 7) is 11.1. The van der Waals surface area contributed by atoms with Crippen molar-refractivity contribution in [3.63, 3.8) is 0 Å². The van der Waals surface area contributed by atoms with E-state index < -0.39 is 0 Å². The van der Waals surface area contributed by atoms with E-state index in [2.05, 4.69) is 48.3 Å². The monoisotopic (exact) mass is 290 g/mol. The molecule has 1 unspecified atom stereocenters. The quantitative estimate of drug-likeness (QED) is 0.744.